The van der Waals surface area contributed by atoms with E-state index in [1.54, 1.807) is 11.8 Å². The summed E-state index contributed by atoms with van der Waals surface area (Å²) in [4.78, 5) is 17.5. The van der Waals surface area contributed by atoms with Crippen molar-refractivity contribution < 1.29 is 13.6 Å². The van der Waals surface area contributed by atoms with Crippen LogP contribution >= 0.6 is 23.1 Å². The van der Waals surface area contributed by atoms with Crippen LogP contribution in [-0.4, -0.2) is 10.9 Å². The Morgan fingerprint density at radius 3 is 2.67 bits per heavy atom. The molecule has 24 heavy (non-hydrogen) atoms. The number of nitrogens with zero attached hydrogens (tertiary/aromatic N) is 1. The fourth-order valence-corrected chi connectivity index (χ4v) is 3.53. The first-order chi connectivity index (χ1) is 11.6. The van der Waals surface area contributed by atoms with E-state index in [9.17, 15) is 13.6 Å². The summed E-state index contributed by atoms with van der Waals surface area (Å²) < 4.78 is 26.1. The van der Waals surface area contributed by atoms with Gasteiger partial charge in [0.05, 0.1) is 5.69 Å². The molecule has 0 aliphatic carbocycles. The zero-order chi connectivity index (χ0) is 16.9. The molecule has 0 aliphatic heterocycles. The van der Waals surface area contributed by atoms with Crippen molar-refractivity contribution in [2.24, 2.45) is 0 Å². The Balaban J connectivity index is 1.61. The van der Waals surface area contributed by atoms with E-state index in [-0.39, 0.29) is 5.56 Å². The highest BCUT2D eigenvalue weighted by Gasteiger charge is 2.12. The minimum atomic E-state index is -1.05. The SMILES string of the molecule is O=C(Nc1nc(CSc2ccccc2)cs1)c1ccc(F)c(F)c1. The van der Waals surface area contributed by atoms with E-state index in [1.807, 2.05) is 35.7 Å². The van der Waals surface area contributed by atoms with E-state index in [1.165, 1.54) is 17.4 Å². The van der Waals surface area contributed by atoms with Gasteiger partial charge in [0.2, 0.25) is 0 Å². The summed E-state index contributed by atoms with van der Waals surface area (Å²) in [5.41, 5.74) is 0.888. The molecule has 0 fully saturated rings. The van der Waals surface area contributed by atoms with E-state index >= 15 is 0 Å². The van der Waals surface area contributed by atoms with Crippen molar-refractivity contribution in [3.8, 4) is 0 Å². The Morgan fingerprint density at radius 1 is 1.12 bits per heavy atom. The molecule has 0 saturated heterocycles. The van der Waals surface area contributed by atoms with Gasteiger partial charge in [0.15, 0.2) is 16.8 Å². The number of nitrogens with one attached hydrogen (secondary N) is 1. The Morgan fingerprint density at radius 2 is 1.92 bits per heavy atom. The second-order valence-electron chi connectivity index (χ2n) is 4.83. The third-order valence-corrected chi connectivity index (χ3v) is 4.94. The van der Waals surface area contributed by atoms with Crippen LogP contribution in [0.3, 0.4) is 0 Å². The lowest BCUT2D eigenvalue weighted by molar-refractivity contribution is 0.102. The van der Waals surface area contributed by atoms with Crippen molar-refractivity contribution in [3.63, 3.8) is 0 Å². The molecule has 3 nitrogen and oxygen atoms in total. The molecule has 2 aromatic carbocycles. The summed E-state index contributed by atoms with van der Waals surface area (Å²) >= 11 is 2.94. The molecule has 0 unspecified atom stereocenters. The summed E-state index contributed by atoms with van der Waals surface area (Å²) in [6, 6.07) is 12.9. The number of rotatable bonds is 5. The maximum Gasteiger partial charge on any atom is 0.257 e. The van der Waals surface area contributed by atoms with Gasteiger partial charge < -0.3 is 0 Å². The maximum atomic E-state index is 13.2. The van der Waals surface area contributed by atoms with Gasteiger partial charge in [-0.05, 0) is 30.3 Å². The molecule has 0 saturated carbocycles. The summed E-state index contributed by atoms with van der Waals surface area (Å²) in [5, 5.41) is 4.88. The minimum absolute atomic E-state index is 0.0457. The zero-order valence-corrected chi connectivity index (χ0v) is 14.0. The fourth-order valence-electron chi connectivity index (χ4n) is 1.91. The lowest BCUT2D eigenvalue weighted by atomic mass is 10.2. The van der Waals surface area contributed by atoms with Gasteiger partial charge in [-0.2, -0.15) is 0 Å². The average molecular weight is 362 g/mol. The molecule has 0 atom stereocenters. The summed E-state index contributed by atoms with van der Waals surface area (Å²) in [7, 11) is 0. The van der Waals surface area contributed by atoms with Crippen LogP contribution in [0.15, 0.2) is 58.8 Å². The molecule has 122 valence electrons. The molecule has 0 aliphatic rings. The Hall–Kier alpha value is -2.25. The van der Waals surface area contributed by atoms with Crippen LogP contribution in [0.4, 0.5) is 13.9 Å². The van der Waals surface area contributed by atoms with Gasteiger partial charge in [-0.25, -0.2) is 13.8 Å². The van der Waals surface area contributed by atoms with Crippen molar-refractivity contribution in [2.45, 2.75) is 10.6 Å². The lowest BCUT2D eigenvalue weighted by Crippen LogP contribution is -2.12. The number of carbonyl (C=O) groups is 1. The predicted octanol–water partition coefficient (Wildman–Crippen LogP) is 4.97. The third-order valence-electron chi connectivity index (χ3n) is 3.08. The molecule has 7 heteroatoms. The molecule has 3 aromatic rings. The smallest absolute Gasteiger partial charge is 0.257 e. The van der Waals surface area contributed by atoms with E-state index < -0.39 is 17.5 Å². The Kier molecular flexibility index (Phi) is 5.22. The van der Waals surface area contributed by atoms with Crippen LogP contribution in [0.5, 0.6) is 0 Å². The van der Waals surface area contributed by atoms with Crippen LogP contribution in [-0.2, 0) is 5.75 Å². The van der Waals surface area contributed by atoms with Crippen LogP contribution < -0.4 is 5.32 Å². The number of halogens is 2. The number of carbonyl (C=O) groups excluding carboxylic acids is 1. The minimum Gasteiger partial charge on any atom is -0.298 e. The number of amides is 1. The van der Waals surface area contributed by atoms with Gasteiger partial charge in [0, 0.05) is 21.6 Å². The second kappa shape index (κ2) is 7.55. The van der Waals surface area contributed by atoms with Gasteiger partial charge >= 0.3 is 0 Å². The zero-order valence-electron chi connectivity index (χ0n) is 12.3. The highest BCUT2D eigenvalue weighted by atomic mass is 32.2. The van der Waals surface area contributed by atoms with E-state index in [0.717, 1.165) is 22.7 Å². The molecule has 0 spiro atoms. The van der Waals surface area contributed by atoms with Crippen LogP contribution in [0.25, 0.3) is 0 Å². The van der Waals surface area contributed by atoms with Crippen LogP contribution in [0.1, 0.15) is 16.1 Å². The van der Waals surface area contributed by atoms with Gasteiger partial charge in [0.1, 0.15) is 0 Å². The third kappa shape index (κ3) is 4.18. The molecule has 1 N–H and O–H groups in total. The summed E-state index contributed by atoms with van der Waals surface area (Å²) in [6.45, 7) is 0. The molecule has 1 aromatic heterocycles. The summed E-state index contributed by atoms with van der Waals surface area (Å²) in [5.74, 6) is -1.88. The van der Waals surface area contributed by atoms with Crippen molar-refractivity contribution >= 4 is 34.1 Å². The van der Waals surface area contributed by atoms with E-state index in [2.05, 4.69) is 10.3 Å². The van der Waals surface area contributed by atoms with Crippen molar-refractivity contribution in [1.29, 1.82) is 0 Å². The van der Waals surface area contributed by atoms with Gasteiger partial charge in [0.25, 0.3) is 5.91 Å². The number of thioether (sulfide) groups is 1. The highest BCUT2D eigenvalue weighted by Crippen LogP contribution is 2.25. The fraction of sp³-hybridized carbons (Fsp3) is 0.0588. The van der Waals surface area contributed by atoms with Gasteiger partial charge in [-0.15, -0.1) is 23.1 Å². The Labute approximate surface area is 145 Å². The predicted molar refractivity (Wildman–Crippen MR) is 92.4 cm³/mol. The largest absolute Gasteiger partial charge is 0.298 e. The summed E-state index contributed by atoms with van der Waals surface area (Å²) in [6.07, 6.45) is 0. The number of benzene rings is 2. The average Bonchev–Trinajstić information content (AvgIpc) is 3.04. The number of aromatic nitrogens is 1. The van der Waals surface area contributed by atoms with Crippen molar-refractivity contribution in [1.82, 2.24) is 4.98 Å². The number of thiazole rings is 1. The maximum absolute atomic E-state index is 13.2. The van der Waals surface area contributed by atoms with E-state index in [0.29, 0.717) is 10.9 Å². The van der Waals surface area contributed by atoms with Crippen molar-refractivity contribution in [2.75, 3.05) is 5.32 Å². The van der Waals surface area contributed by atoms with Gasteiger partial charge in [-0.3, -0.25) is 10.1 Å². The van der Waals surface area contributed by atoms with Crippen molar-refractivity contribution in [3.05, 3.63) is 76.8 Å². The van der Waals surface area contributed by atoms with Gasteiger partial charge in [-0.1, -0.05) is 18.2 Å². The molecule has 0 radical (unpaired) electrons. The first kappa shape index (κ1) is 16.6. The van der Waals surface area contributed by atoms with Crippen LogP contribution in [0.2, 0.25) is 0 Å². The molecule has 1 heterocycles. The molecule has 1 amide bonds. The first-order valence-corrected chi connectivity index (χ1v) is 8.87. The lowest BCUT2D eigenvalue weighted by Gasteiger charge is -2.02. The second-order valence-corrected chi connectivity index (χ2v) is 6.74. The number of hydrogen-bond acceptors (Lipinski definition) is 4. The molecular formula is C17H12F2N2OS2. The quantitative estimate of drug-likeness (QED) is 0.652. The van der Waals surface area contributed by atoms with E-state index in [4.69, 9.17) is 0 Å². The van der Waals surface area contributed by atoms with Crippen LogP contribution in [0, 0.1) is 11.6 Å². The molecule has 3 rings (SSSR count). The Bertz CT molecular complexity index is 853. The monoisotopic (exact) mass is 362 g/mol. The molecular weight excluding hydrogens is 350 g/mol. The standard InChI is InChI=1S/C17H12F2N2OS2/c18-14-7-6-11(8-15(14)19)16(22)21-17-20-12(10-24-17)9-23-13-4-2-1-3-5-13/h1-8,10H,9H2,(H,20,21,22). The normalized spacial score (nSPS) is 10.6. The highest BCUT2D eigenvalue weighted by molar-refractivity contribution is 7.98. The number of anilines is 1. The first-order valence-electron chi connectivity index (χ1n) is 7.00. The topological polar surface area (TPSA) is 42.0 Å². The molecule has 0 bridgehead atoms. The number of hydrogen-bond donors (Lipinski definition) is 1.